The van der Waals surface area contributed by atoms with Crippen LogP contribution in [0.1, 0.15) is 21.6 Å². The molecule has 1 amide bonds. The van der Waals surface area contributed by atoms with Crippen LogP contribution < -0.4 is 16.0 Å². The van der Waals surface area contributed by atoms with E-state index in [4.69, 9.17) is 0 Å². The van der Waals surface area contributed by atoms with E-state index in [1.807, 2.05) is 74.5 Å². The summed E-state index contributed by atoms with van der Waals surface area (Å²) < 4.78 is 1.49. The third kappa shape index (κ3) is 5.50. The van der Waals surface area contributed by atoms with Crippen LogP contribution in [0.2, 0.25) is 0 Å². The topological polar surface area (TPSA) is 123 Å². The molecule has 2 heterocycles. The zero-order valence-electron chi connectivity index (χ0n) is 19.7. The van der Waals surface area contributed by atoms with Gasteiger partial charge in [0.2, 0.25) is 5.95 Å². The molecule has 10 heteroatoms. The maximum Gasteiger partial charge on any atom is 0.255 e. The average molecular weight is 478 g/mol. The standard InChI is InChI=1S/C26H23N9O/c1-17-6-8-20(9-7-17)29-24-14-18(2)28-26(32-24)31-22-12-10-21(11-13-22)30-25(36)19-4-3-5-23(15-19)35-16-27-33-34-35/h3-16H,1-2H3,(H,30,36)(H2,28,29,31,32). The molecule has 0 aliphatic heterocycles. The van der Waals surface area contributed by atoms with Gasteiger partial charge in [0.25, 0.3) is 5.91 Å². The first-order valence-electron chi connectivity index (χ1n) is 11.2. The number of anilines is 5. The normalized spacial score (nSPS) is 10.6. The molecule has 0 spiro atoms. The Hall–Kier alpha value is -5.12. The van der Waals surface area contributed by atoms with Crippen molar-refractivity contribution in [2.45, 2.75) is 13.8 Å². The second-order valence-electron chi connectivity index (χ2n) is 8.17. The molecule has 36 heavy (non-hydrogen) atoms. The molecule has 0 fully saturated rings. The molecule has 0 bridgehead atoms. The highest BCUT2D eigenvalue weighted by atomic mass is 16.1. The number of amides is 1. The Bertz CT molecular complexity index is 1480. The summed E-state index contributed by atoms with van der Waals surface area (Å²) in [6.45, 7) is 3.97. The van der Waals surface area contributed by atoms with Crippen molar-refractivity contribution in [2.24, 2.45) is 0 Å². The molecule has 5 aromatic rings. The van der Waals surface area contributed by atoms with Crippen molar-refractivity contribution in [3.05, 3.63) is 102 Å². The third-order valence-electron chi connectivity index (χ3n) is 5.30. The lowest BCUT2D eigenvalue weighted by molar-refractivity contribution is 0.102. The smallest absolute Gasteiger partial charge is 0.255 e. The zero-order valence-corrected chi connectivity index (χ0v) is 19.7. The molecule has 5 rings (SSSR count). The molecule has 0 aliphatic rings. The minimum atomic E-state index is -0.237. The summed E-state index contributed by atoms with van der Waals surface area (Å²) in [5.74, 6) is 0.932. The molecular weight excluding hydrogens is 454 g/mol. The first-order chi connectivity index (χ1) is 17.5. The van der Waals surface area contributed by atoms with E-state index in [2.05, 4.69) is 41.4 Å². The van der Waals surface area contributed by atoms with Gasteiger partial charge in [0.1, 0.15) is 12.1 Å². The molecule has 2 aromatic heterocycles. The van der Waals surface area contributed by atoms with Gasteiger partial charge in [-0.2, -0.15) is 4.98 Å². The number of benzene rings is 3. The van der Waals surface area contributed by atoms with Gasteiger partial charge in [-0.05, 0) is 78.9 Å². The van der Waals surface area contributed by atoms with Gasteiger partial charge < -0.3 is 16.0 Å². The maximum absolute atomic E-state index is 12.7. The Labute approximate surface area is 207 Å². The van der Waals surface area contributed by atoms with Crippen molar-refractivity contribution < 1.29 is 4.79 Å². The van der Waals surface area contributed by atoms with E-state index in [0.717, 1.165) is 17.1 Å². The number of rotatable bonds is 7. The number of carbonyl (C=O) groups is 1. The lowest BCUT2D eigenvalue weighted by atomic mass is 10.2. The quantitative estimate of drug-likeness (QED) is 0.305. The van der Waals surface area contributed by atoms with Crippen LogP contribution in [0, 0.1) is 13.8 Å². The first kappa shape index (κ1) is 22.7. The molecule has 0 aliphatic carbocycles. The number of hydrogen-bond acceptors (Lipinski definition) is 8. The van der Waals surface area contributed by atoms with Gasteiger partial charge in [-0.1, -0.05) is 23.8 Å². The van der Waals surface area contributed by atoms with Crippen LogP contribution in [0.5, 0.6) is 0 Å². The number of nitrogens with zero attached hydrogens (tertiary/aromatic N) is 6. The van der Waals surface area contributed by atoms with Gasteiger partial charge in [0, 0.05) is 34.4 Å². The second kappa shape index (κ2) is 10.0. The number of hydrogen-bond donors (Lipinski definition) is 3. The molecule has 178 valence electrons. The van der Waals surface area contributed by atoms with E-state index in [1.54, 1.807) is 18.2 Å². The Kier molecular flexibility index (Phi) is 6.31. The van der Waals surface area contributed by atoms with Crippen molar-refractivity contribution in [2.75, 3.05) is 16.0 Å². The van der Waals surface area contributed by atoms with E-state index in [0.29, 0.717) is 28.7 Å². The zero-order chi connectivity index (χ0) is 24.9. The average Bonchev–Trinajstić information content (AvgIpc) is 3.42. The number of tetrazole rings is 1. The summed E-state index contributed by atoms with van der Waals surface area (Å²) in [5, 5.41) is 20.5. The summed E-state index contributed by atoms with van der Waals surface area (Å²) in [5.41, 5.74) is 5.61. The molecule has 0 radical (unpaired) electrons. The molecular formula is C26H23N9O. The van der Waals surface area contributed by atoms with Crippen LogP contribution in [-0.4, -0.2) is 36.1 Å². The van der Waals surface area contributed by atoms with E-state index in [-0.39, 0.29) is 5.91 Å². The maximum atomic E-state index is 12.7. The Morgan fingerprint density at radius 2 is 1.53 bits per heavy atom. The molecule has 0 atom stereocenters. The molecule has 3 N–H and O–H groups in total. The fourth-order valence-electron chi connectivity index (χ4n) is 3.51. The van der Waals surface area contributed by atoms with E-state index < -0.39 is 0 Å². The van der Waals surface area contributed by atoms with Gasteiger partial charge in [0.05, 0.1) is 5.69 Å². The molecule has 0 unspecified atom stereocenters. The van der Waals surface area contributed by atoms with Crippen LogP contribution in [0.15, 0.2) is 85.2 Å². The number of carbonyl (C=O) groups excluding carboxylic acids is 1. The number of aromatic nitrogens is 6. The molecule has 0 saturated carbocycles. The summed E-state index contributed by atoms with van der Waals surface area (Å²) in [6.07, 6.45) is 1.47. The van der Waals surface area contributed by atoms with E-state index >= 15 is 0 Å². The lowest BCUT2D eigenvalue weighted by Crippen LogP contribution is -2.12. The summed E-state index contributed by atoms with van der Waals surface area (Å²) in [6, 6.07) is 24.4. The monoisotopic (exact) mass is 477 g/mol. The minimum Gasteiger partial charge on any atom is -0.340 e. The highest BCUT2D eigenvalue weighted by Gasteiger charge is 2.09. The Balaban J connectivity index is 1.25. The van der Waals surface area contributed by atoms with Crippen LogP contribution in [0.3, 0.4) is 0 Å². The van der Waals surface area contributed by atoms with E-state index in [9.17, 15) is 4.79 Å². The van der Waals surface area contributed by atoms with Crippen molar-refractivity contribution in [3.63, 3.8) is 0 Å². The summed E-state index contributed by atoms with van der Waals surface area (Å²) >= 11 is 0. The predicted molar refractivity (Wildman–Crippen MR) is 138 cm³/mol. The van der Waals surface area contributed by atoms with E-state index in [1.165, 1.54) is 16.6 Å². The van der Waals surface area contributed by atoms with Gasteiger partial charge in [-0.25, -0.2) is 9.67 Å². The predicted octanol–water partition coefficient (Wildman–Crippen LogP) is 4.81. The van der Waals surface area contributed by atoms with Crippen LogP contribution >= 0.6 is 0 Å². The number of nitrogens with one attached hydrogen (secondary N) is 3. The first-order valence-corrected chi connectivity index (χ1v) is 11.2. The van der Waals surface area contributed by atoms with Gasteiger partial charge >= 0.3 is 0 Å². The molecule has 0 saturated heterocycles. The van der Waals surface area contributed by atoms with Gasteiger partial charge in [-0.3, -0.25) is 4.79 Å². The molecule has 3 aromatic carbocycles. The Morgan fingerprint density at radius 3 is 2.28 bits per heavy atom. The van der Waals surface area contributed by atoms with Crippen LogP contribution in [-0.2, 0) is 0 Å². The number of aryl methyl sites for hydroxylation is 2. The second-order valence-corrected chi connectivity index (χ2v) is 8.17. The molecule has 10 nitrogen and oxygen atoms in total. The minimum absolute atomic E-state index is 0.237. The van der Waals surface area contributed by atoms with Gasteiger partial charge in [0.15, 0.2) is 0 Å². The summed E-state index contributed by atoms with van der Waals surface area (Å²) in [4.78, 5) is 21.8. The lowest BCUT2D eigenvalue weighted by Gasteiger charge is -2.11. The van der Waals surface area contributed by atoms with Crippen LogP contribution in [0.25, 0.3) is 5.69 Å². The SMILES string of the molecule is Cc1ccc(Nc2cc(C)nc(Nc3ccc(NC(=O)c4cccc(-n5cnnn5)c4)cc3)n2)cc1. The highest BCUT2D eigenvalue weighted by molar-refractivity contribution is 6.04. The van der Waals surface area contributed by atoms with Gasteiger partial charge in [-0.15, -0.1) is 5.10 Å². The summed E-state index contributed by atoms with van der Waals surface area (Å²) in [7, 11) is 0. The third-order valence-corrected chi connectivity index (χ3v) is 5.30. The van der Waals surface area contributed by atoms with Crippen molar-refractivity contribution in [1.29, 1.82) is 0 Å². The van der Waals surface area contributed by atoms with Crippen molar-refractivity contribution in [3.8, 4) is 5.69 Å². The largest absolute Gasteiger partial charge is 0.340 e. The fourth-order valence-corrected chi connectivity index (χ4v) is 3.51. The highest BCUT2D eigenvalue weighted by Crippen LogP contribution is 2.21. The Morgan fingerprint density at radius 1 is 0.806 bits per heavy atom. The fraction of sp³-hybridized carbons (Fsp3) is 0.0769. The van der Waals surface area contributed by atoms with Crippen LogP contribution in [0.4, 0.5) is 28.8 Å². The van der Waals surface area contributed by atoms with Crippen molar-refractivity contribution >= 4 is 34.7 Å². The van der Waals surface area contributed by atoms with Crippen molar-refractivity contribution in [1.82, 2.24) is 30.2 Å².